The van der Waals surface area contributed by atoms with Crippen LogP contribution in [0.4, 0.5) is 4.39 Å². The van der Waals surface area contributed by atoms with Crippen LogP contribution in [0.2, 0.25) is 0 Å². The van der Waals surface area contributed by atoms with Gasteiger partial charge in [-0.1, -0.05) is 12.1 Å². The molecule has 2 heterocycles. The third kappa shape index (κ3) is 3.08. The summed E-state index contributed by atoms with van der Waals surface area (Å²) in [4.78, 5) is 12.0. The number of aryl methyl sites for hydroxylation is 1. The molecule has 0 unspecified atom stereocenters. The summed E-state index contributed by atoms with van der Waals surface area (Å²) in [6.07, 6.45) is 0. The van der Waals surface area contributed by atoms with E-state index >= 15 is 0 Å². The fourth-order valence-corrected chi connectivity index (χ4v) is 2.59. The minimum absolute atomic E-state index is 0.103. The van der Waals surface area contributed by atoms with Gasteiger partial charge in [-0.25, -0.2) is 13.7 Å². The molecule has 0 fully saturated rings. The number of hydrogen-bond acceptors (Lipinski definition) is 6. The molecular weight excluding hydrogens is 327 g/mol. The van der Waals surface area contributed by atoms with E-state index in [9.17, 15) is 9.18 Å². The van der Waals surface area contributed by atoms with Gasteiger partial charge in [0.15, 0.2) is 11.3 Å². The Morgan fingerprint density at radius 1 is 1.24 bits per heavy atom. The van der Waals surface area contributed by atoms with Gasteiger partial charge in [-0.2, -0.15) is 5.10 Å². The number of carbonyl (C=O) groups is 1. The van der Waals surface area contributed by atoms with Gasteiger partial charge in [0.25, 0.3) is 0 Å². The van der Waals surface area contributed by atoms with Gasteiger partial charge in [-0.05, 0) is 31.5 Å². The summed E-state index contributed by atoms with van der Waals surface area (Å²) in [6, 6.07) is 6.01. The van der Waals surface area contributed by atoms with Crippen molar-refractivity contribution in [2.75, 3.05) is 13.7 Å². The lowest BCUT2D eigenvalue weighted by molar-refractivity contribution is 0.0516. The highest BCUT2D eigenvalue weighted by molar-refractivity contribution is 5.89. The molecule has 3 rings (SSSR count). The first-order valence-electron chi connectivity index (χ1n) is 7.73. The van der Waals surface area contributed by atoms with E-state index in [1.54, 1.807) is 33.1 Å². The summed E-state index contributed by atoms with van der Waals surface area (Å²) in [5.74, 6) is -0.887. The Morgan fingerprint density at radius 2 is 1.96 bits per heavy atom. The van der Waals surface area contributed by atoms with Crippen LogP contribution in [0.5, 0.6) is 0 Å². The zero-order chi connectivity index (χ0) is 18.0. The largest absolute Gasteiger partial charge is 0.461 e. The first kappa shape index (κ1) is 17.0. The normalized spacial score (nSPS) is 11.0. The number of halogens is 1. The van der Waals surface area contributed by atoms with E-state index < -0.39 is 5.97 Å². The summed E-state index contributed by atoms with van der Waals surface area (Å²) < 4.78 is 25.0. The molecule has 0 N–H and O–H groups in total. The van der Waals surface area contributed by atoms with Gasteiger partial charge in [0, 0.05) is 7.11 Å². The number of benzene rings is 1. The zero-order valence-electron chi connectivity index (χ0n) is 14.1. The Morgan fingerprint density at radius 3 is 2.60 bits per heavy atom. The Kier molecular flexibility index (Phi) is 4.71. The maximum absolute atomic E-state index is 13.2. The van der Waals surface area contributed by atoms with Gasteiger partial charge in [0.05, 0.1) is 30.2 Å². The second-order valence-corrected chi connectivity index (χ2v) is 5.35. The van der Waals surface area contributed by atoms with Crippen LogP contribution in [0.3, 0.4) is 0 Å². The van der Waals surface area contributed by atoms with E-state index in [-0.39, 0.29) is 24.7 Å². The van der Waals surface area contributed by atoms with Crippen LogP contribution in [0, 0.1) is 12.7 Å². The fourth-order valence-electron chi connectivity index (χ4n) is 2.59. The van der Waals surface area contributed by atoms with Crippen molar-refractivity contribution in [3.63, 3.8) is 0 Å². The quantitative estimate of drug-likeness (QED) is 0.662. The van der Waals surface area contributed by atoms with Gasteiger partial charge in [-0.15, -0.1) is 10.2 Å². The van der Waals surface area contributed by atoms with E-state index in [0.29, 0.717) is 22.6 Å². The SMILES string of the molecule is CCOC(=O)c1nnc2c(-c3ccc(F)cc3)c(COC)nn2c1C. The van der Waals surface area contributed by atoms with Crippen LogP contribution in [-0.4, -0.2) is 39.5 Å². The smallest absolute Gasteiger partial charge is 0.360 e. The minimum atomic E-state index is -0.554. The average molecular weight is 344 g/mol. The standard InChI is InChI=1S/C17H17FN4O3/c1-4-25-17(23)15-10(2)22-16(20-19-15)14(13(21-22)9-24-3)11-5-7-12(18)8-6-11/h5-8H,4,9H2,1-3H3. The molecule has 130 valence electrons. The fraction of sp³-hybridized carbons (Fsp3) is 0.294. The number of aromatic nitrogens is 4. The Balaban J connectivity index is 2.22. The Bertz CT molecular complexity index is 922. The van der Waals surface area contributed by atoms with Gasteiger partial charge < -0.3 is 9.47 Å². The van der Waals surface area contributed by atoms with Crippen LogP contribution < -0.4 is 0 Å². The number of methoxy groups -OCH3 is 1. The molecule has 0 radical (unpaired) electrons. The highest BCUT2D eigenvalue weighted by Gasteiger charge is 2.22. The van der Waals surface area contributed by atoms with E-state index in [1.807, 2.05) is 0 Å². The van der Waals surface area contributed by atoms with Crippen LogP contribution >= 0.6 is 0 Å². The molecular formula is C17H17FN4O3. The molecule has 0 amide bonds. The van der Waals surface area contributed by atoms with Gasteiger partial charge in [0.2, 0.25) is 0 Å². The molecule has 3 aromatic rings. The number of esters is 1. The van der Waals surface area contributed by atoms with Crippen molar-refractivity contribution in [2.45, 2.75) is 20.5 Å². The maximum Gasteiger partial charge on any atom is 0.360 e. The third-order valence-corrected chi connectivity index (χ3v) is 3.72. The second-order valence-electron chi connectivity index (χ2n) is 5.35. The average Bonchev–Trinajstić information content (AvgIpc) is 2.96. The topological polar surface area (TPSA) is 78.6 Å². The van der Waals surface area contributed by atoms with E-state index in [2.05, 4.69) is 15.3 Å². The molecule has 0 saturated heterocycles. The zero-order valence-corrected chi connectivity index (χ0v) is 14.1. The molecule has 7 nitrogen and oxygen atoms in total. The van der Waals surface area contributed by atoms with Crippen LogP contribution in [0.1, 0.15) is 28.8 Å². The van der Waals surface area contributed by atoms with E-state index in [1.165, 1.54) is 16.6 Å². The van der Waals surface area contributed by atoms with Crippen molar-refractivity contribution < 1.29 is 18.7 Å². The van der Waals surface area contributed by atoms with Crippen LogP contribution in [0.25, 0.3) is 16.8 Å². The highest BCUT2D eigenvalue weighted by atomic mass is 19.1. The molecule has 0 aliphatic heterocycles. The lowest BCUT2D eigenvalue weighted by atomic mass is 10.1. The monoisotopic (exact) mass is 344 g/mol. The predicted octanol–water partition coefficient (Wildman–Crippen LogP) is 2.56. The number of nitrogens with zero attached hydrogens (tertiary/aromatic N) is 4. The summed E-state index contributed by atoms with van der Waals surface area (Å²) >= 11 is 0. The number of fused-ring (bicyclic) bond motifs is 1. The first-order chi connectivity index (χ1) is 12.1. The van der Waals surface area contributed by atoms with Gasteiger partial charge in [-0.3, -0.25) is 0 Å². The molecule has 25 heavy (non-hydrogen) atoms. The minimum Gasteiger partial charge on any atom is -0.461 e. The lowest BCUT2D eigenvalue weighted by Crippen LogP contribution is -2.14. The Hall–Kier alpha value is -2.87. The molecule has 8 heteroatoms. The Labute approximate surface area is 143 Å². The number of carbonyl (C=O) groups excluding carboxylic acids is 1. The molecule has 1 aromatic carbocycles. The summed E-state index contributed by atoms with van der Waals surface area (Å²) in [5, 5.41) is 12.6. The molecule has 0 saturated carbocycles. The first-order valence-corrected chi connectivity index (χ1v) is 7.73. The van der Waals surface area contributed by atoms with Gasteiger partial charge in [0.1, 0.15) is 5.82 Å². The lowest BCUT2D eigenvalue weighted by Gasteiger charge is -2.05. The predicted molar refractivity (Wildman–Crippen MR) is 87.6 cm³/mol. The van der Waals surface area contributed by atoms with E-state index in [4.69, 9.17) is 9.47 Å². The molecule has 2 aromatic heterocycles. The van der Waals surface area contributed by atoms with Crippen molar-refractivity contribution in [2.24, 2.45) is 0 Å². The van der Waals surface area contributed by atoms with Crippen LogP contribution in [-0.2, 0) is 16.1 Å². The number of ether oxygens (including phenoxy) is 2. The van der Waals surface area contributed by atoms with Crippen molar-refractivity contribution >= 4 is 11.6 Å². The molecule has 0 bridgehead atoms. The summed E-state index contributed by atoms with van der Waals surface area (Å²) in [6.45, 7) is 3.92. The molecule has 0 aliphatic carbocycles. The van der Waals surface area contributed by atoms with Gasteiger partial charge >= 0.3 is 5.97 Å². The van der Waals surface area contributed by atoms with Crippen molar-refractivity contribution in [1.29, 1.82) is 0 Å². The highest BCUT2D eigenvalue weighted by Crippen LogP contribution is 2.29. The van der Waals surface area contributed by atoms with E-state index in [0.717, 1.165) is 5.56 Å². The number of rotatable bonds is 5. The van der Waals surface area contributed by atoms with Crippen molar-refractivity contribution in [3.8, 4) is 11.1 Å². The summed E-state index contributed by atoms with van der Waals surface area (Å²) in [5.41, 5.74) is 3.12. The molecule has 0 spiro atoms. The number of hydrogen-bond donors (Lipinski definition) is 0. The second kappa shape index (κ2) is 6.94. The third-order valence-electron chi connectivity index (χ3n) is 3.72. The van der Waals surface area contributed by atoms with Crippen LogP contribution in [0.15, 0.2) is 24.3 Å². The van der Waals surface area contributed by atoms with Crippen molar-refractivity contribution in [1.82, 2.24) is 19.8 Å². The molecule has 0 atom stereocenters. The molecule has 0 aliphatic rings. The van der Waals surface area contributed by atoms with Crippen molar-refractivity contribution in [3.05, 3.63) is 47.2 Å². The summed E-state index contributed by atoms with van der Waals surface area (Å²) in [7, 11) is 1.56. The maximum atomic E-state index is 13.2.